The summed E-state index contributed by atoms with van der Waals surface area (Å²) in [7, 11) is 1.71. The minimum Gasteiger partial charge on any atom is -0.383 e. The summed E-state index contributed by atoms with van der Waals surface area (Å²) in [6.07, 6.45) is 2.31. The van der Waals surface area contributed by atoms with E-state index in [-0.39, 0.29) is 5.91 Å². The summed E-state index contributed by atoms with van der Waals surface area (Å²) in [6.45, 7) is 3.42. The average molecular weight is 297 g/mol. The number of carbonyl (C=O) groups is 1. The summed E-state index contributed by atoms with van der Waals surface area (Å²) in [5.74, 6) is -0.0638. The molecule has 0 aromatic heterocycles. The van der Waals surface area contributed by atoms with Crippen LogP contribution in [0.3, 0.4) is 0 Å². The van der Waals surface area contributed by atoms with Crippen molar-refractivity contribution in [3.8, 4) is 0 Å². The van der Waals surface area contributed by atoms with Crippen LogP contribution < -0.4 is 5.32 Å². The van der Waals surface area contributed by atoms with Crippen LogP contribution >= 0.6 is 11.6 Å². The van der Waals surface area contributed by atoms with Gasteiger partial charge in [-0.2, -0.15) is 0 Å². The quantitative estimate of drug-likeness (QED) is 0.875. The third-order valence-electron chi connectivity index (χ3n) is 3.67. The van der Waals surface area contributed by atoms with E-state index >= 15 is 0 Å². The predicted octanol–water partition coefficient (Wildman–Crippen LogP) is 2.18. The number of hydrogen-bond acceptors (Lipinski definition) is 3. The summed E-state index contributed by atoms with van der Waals surface area (Å²) in [5, 5.41) is 3.58. The Hall–Kier alpha value is -1.10. The molecule has 0 unspecified atom stereocenters. The highest BCUT2D eigenvalue weighted by Gasteiger charge is 2.24. The van der Waals surface area contributed by atoms with E-state index in [9.17, 15) is 4.79 Å². The molecule has 2 rings (SSSR count). The number of hydrogen-bond donors (Lipinski definition) is 1. The highest BCUT2D eigenvalue weighted by Crippen LogP contribution is 2.16. The summed E-state index contributed by atoms with van der Waals surface area (Å²) in [5.41, 5.74) is 0.610. The molecule has 1 N–H and O–H groups in total. The zero-order valence-electron chi connectivity index (χ0n) is 11.8. The first-order valence-corrected chi connectivity index (χ1v) is 7.35. The fourth-order valence-corrected chi connectivity index (χ4v) is 2.76. The molecular formula is C15H21ClN2O2. The lowest BCUT2D eigenvalue weighted by Gasteiger charge is -2.24. The number of carbonyl (C=O) groups excluding carboxylic acids is 1. The van der Waals surface area contributed by atoms with Crippen LogP contribution in [0.4, 0.5) is 0 Å². The lowest BCUT2D eigenvalue weighted by Crippen LogP contribution is -2.41. The van der Waals surface area contributed by atoms with Crippen molar-refractivity contribution in [1.29, 1.82) is 0 Å². The van der Waals surface area contributed by atoms with Crippen LogP contribution in [-0.2, 0) is 4.74 Å². The molecule has 1 atom stereocenters. The van der Waals surface area contributed by atoms with Gasteiger partial charge in [0, 0.05) is 36.8 Å². The van der Waals surface area contributed by atoms with Gasteiger partial charge in [0.05, 0.1) is 6.61 Å². The molecule has 0 aliphatic carbocycles. The smallest absolute Gasteiger partial charge is 0.251 e. The standard InChI is InChI=1S/C15H21ClN2O2/c1-20-9-8-18-7-3-6-14(18)11-17-15(19)12-4-2-5-13(16)10-12/h2,4-5,10,14H,3,6-9,11H2,1H3,(H,17,19)/t14-/m0/s1. The van der Waals surface area contributed by atoms with Gasteiger partial charge in [-0.25, -0.2) is 0 Å². The molecular weight excluding hydrogens is 276 g/mol. The number of methoxy groups -OCH3 is 1. The monoisotopic (exact) mass is 296 g/mol. The molecule has 0 saturated carbocycles. The van der Waals surface area contributed by atoms with Gasteiger partial charge in [-0.15, -0.1) is 0 Å². The van der Waals surface area contributed by atoms with E-state index < -0.39 is 0 Å². The fraction of sp³-hybridized carbons (Fsp3) is 0.533. The first kappa shape index (κ1) is 15.3. The molecule has 0 spiro atoms. The van der Waals surface area contributed by atoms with Crippen LogP contribution in [0.2, 0.25) is 5.02 Å². The van der Waals surface area contributed by atoms with Gasteiger partial charge in [-0.3, -0.25) is 9.69 Å². The Labute approximate surface area is 125 Å². The van der Waals surface area contributed by atoms with Crippen molar-refractivity contribution in [3.63, 3.8) is 0 Å². The third-order valence-corrected chi connectivity index (χ3v) is 3.90. The number of halogens is 1. The number of amides is 1. The van der Waals surface area contributed by atoms with E-state index in [0.717, 1.165) is 26.1 Å². The van der Waals surface area contributed by atoms with Gasteiger partial charge >= 0.3 is 0 Å². The molecule has 1 saturated heterocycles. The molecule has 1 aliphatic rings. The van der Waals surface area contributed by atoms with Gasteiger partial charge in [-0.05, 0) is 37.6 Å². The molecule has 0 radical (unpaired) electrons. The van der Waals surface area contributed by atoms with Crippen molar-refractivity contribution >= 4 is 17.5 Å². The molecule has 1 aromatic rings. The van der Waals surface area contributed by atoms with Crippen molar-refractivity contribution in [2.75, 3.05) is 33.4 Å². The Morgan fingerprint density at radius 1 is 1.55 bits per heavy atom. The van der Waals surface area contributed by atoms with E-state index in [1.807, 2.05) is 0 Å². The maximum absolute atomic E-state index is 12.1. The Balaban J connectivity index is 1.83. The normalized spacial score (nSPS) is 19.2. The highest BCUT2D eigenvalue weighted by atomic mass is 35.5. The number of likely N-dealkylation sites (tertiary alicyclic amines) is 1. The van der Waals surface area contributed by atoms with E-state index in [0.29, 0.717) is 23.2 Å². The molecule has 1 heterocycles. The van der Waals surface area contributed by atoms with Gasteiger partial charge < -0.3 is 10.1 Å². The molecule has 20 heavy (non-hydrogen) atoms. The Bertz CT molecular complexity index is 453. The third kappa shape index (κ3) is 4.20. The largest absolute Gasteiger partial charge is 0.383 e. The van der Waals surface area contributed by atoms with Gasteiger partial charge in [0.25, 0.3) is 5.91 Å². The Morgan fingerprint density at radius 2 is 2.40 bits per heavy atom. The zero-order chi connectivity index (χ0) is 14.4. The van der Waals surface area contributed by atoms with Gasteiger partial charge in [0.15, 0.2) is 0 Å². The number of nitrogens with one attached hydrogen (secondary N) is 1. The second kappa shape index (κ2) is 7.62. The number of ether oxygens (including phenoxy) is 1. The van der Waals surface area contributed by atoms with E-state index in [1.165, 1.54) is 6.42 Å². The van der Waals surface area contributed by atoms with Crippen molar-refractivity contribution in [1.82, 2.24) is 10.2 Å². The molecule has 1 amide bonds. The minimum absolute atomic E-state index is 0.0638. The SMILES string of the molecule is COCCN1CCC[C@H]1CNC(=O)c1cccc(Cl)c1. The van der Waals surface area contributed by atoms with E-state index in [2.05, 4.69) is 10.2 Å². The summed E-state index contributed by atoms with van der Waals surface area (Å²) >= 11 is 5.89. The van der Waals surface area contributed by atoms with Gasteiger partial charge in [0.2, 0.25) is 0 Å². The van der Waals surface area contributed by atoms with E-state index in [4.69, 9.17) is 16.3 Å². The van der Waals surface area contributed by atoms with Gasteiger partial charge in [-0.1, -0.05) is 17.7 Å². The number of rotatable bonds is 6. The van der Waals surface area contributed by atoms with Crippen molar-refractivity contribution in [2.45, 2.75) is 18.9 Å². The van der Waals surface area contributed by atoms with Crippen LogP contribution in [0.5, 0.6) is 0 Å². The van der Waals surface area contributed by atoms with Crippen LogP contribution in [0.1, 0.15) is 23.2 Å². The highest BCUT2D eigenvalue weighted by molar-refractivity contribution is 6.30. The fourth-order valence-electron chi connectivity index (χ4n) is 2.57. The molecule has 0 bridgehead atoms. The summed E-state index contributed by atoms with van der Waals surface area (Å²) < 4.78 is 5.12. The van der Waals surface area contributed by atoms with Crippen LogP contribution in [0, 0.1) is 0 Å². The molecule has 1 aliphatic heterocycles. The average Bonchev–Trinajstić information content (AvgIpc) is 2.90. The van der Waals surface area contributed by atoms with Crippen LogP contribution in [0.15, 0.2) is 24.3 Å². The molecule has 5 heteroatoms. The lowest BCUT2D eigenvalue weighted by atomic mass is 10.2. The topological polar surface area (TPSA) is 41.6 Å². The van der Waals surface area contributed by atoms with Gasteiger partial charge in [0.1, 0.15) is 0 Å². The van der Waals surface area contributed by atoms with Crippen molar-refractivity contribution in [3.05, 3.63) is 34.9 Å². The van der Waals surface area contributed by atoms with Crippen LogP contribution in [0.25, 0.3) is 0 Å². The lowest BCUT2D eigenvalue weighted by molar-refractivity contribution is 0.0933. The summed E-state index contributed by atoms with van der Waals surface area (Å²) in [4.78, 5) is 14.4. The van der Waals surface area contributed by atoms with Crippen LogP contribution in [-0.4, -0.2) is 50.2 Å². The Kier molecular flexibility index (Phi) is 5.83. The van der Waals surface area contributed by atoms with Crippen molar-refractivity contribution in [2.24, 2.45) is 0 Å². The molecule has 1 fully saturated rings. The second-order valence-electron chi connectivity index (χ2n) is 5.05. The molecule has 4 nitrogen and oxygen atoms in total. The minimum atomic E-state index is -0.0638. The predicted molar refractivity (Wildman–Crippen MR) is 80.3 cm³/mol. The number of nitrogens with zero attached hydrogens (tertiary/aromatic N) is 1. The maximum atomic E-state index is 12.1. The Morgan fingerprint density at radius 3 is 3.15 bits per heavy atom. The first-order chi connectivity index (χ1) is 9.70. The summed E-state index contributed by atoms with van der Waals surface area (Å²) in [6, 6.07) is 7.43. The zero-order valence-corrected chi connectivity index (χ0v) is 12.5. The maximum Gasteiger partial charge on any atom is 0.251 e. The van der Waals surface area contributed by atoms with E-state index in [1.54, 1.807) is 31.4 Å². The first-order valence-electron chi connectivity index (χ1n) is 6.97. The van der Waals surface area contributed by atoms with Crippen molar-refractivity contribution < 1.29 is 9.53 Å². The molecule has 1 aromatic carbocycles. The number of benzene rings is 1. The second-order valence-corrected chi connectivity index (χ2v) is 5.48. The molecule has 110 valence electrons.